The summed E-state index contributed by atoms with van der Waals surface area (Å²) in [4.78, 5) is 2.09. The highest BCUT2D eigenvalue weighted by molar-refractivity contribution is 6.32. The van der Waals surface area contributed by atoms with Crippen molar-refractivity contribution in [2.24, 2.45) is 0 Å². The molecule has 1 unspecified atom stereocenters. The third kappa shape index (κ3) is 2.63. The lowest BCUT2D eigenvalue weighted by Gasteiger charge is -2.31. The first-order chi connectivity index (χ1) is 8.24. The average molecular weight is 253 g/mol. The number of rotatable bonds is 2. The summed E-state index contributed by atoms with van der Waals surface area (Å²) < 4.78 is 10.4. The second-order valence-corrected chi connectivity index (χ2v) is 4.16. The number of hydrogen-bond donors (Lipinski definition) is 0. The topological polar surface area (TPSA) is 45.5 Å². The fourth-order valence-corrected chi connectivity index (χ4v) is 2.07. The van der Waals surface area contributed by atoms with E-state index in [9.17, 15) is 0 Å². The third-order valence-electron chi connectivity index (χ3n) is 2.71. The summed E-state index contributed by atoms with van der Waals surface area (Å²) >= 11 is 6.07. The van der Waals surface area contributed by atoms with E-state index < -0.39 is 0 Å². The Balaban J connectivity index is 2.17. The van der Waals surface area contributed by atoms with Crippen molar-refractivity contribution < 1.29 is 9.47 Å². The molecule has 0 spiro atoms. The van der Waals surface area contributed by atoms with Crippen LogP contribution in [0.4, 0.5) is 5.69 Å². The standard InChI is InChI=1S/C12H13ClN2O2/c1-16-12-3-2-9(6-11(12)13)15-4-5-17-10(7-14)8-15/h2-3,6,10H,4-5,8H2,1H3. The van der Waals surface area contributed by atoms with E-state index in [-0.39, 0.29) is 6.10 Å². The molecule has 1 aromatic carbocycles. The maximum atomic E-state index is 8.84. The molecule has 0 amide bonds. The number of benzene rings is 1. The molecule has 1 aliphatic rings. The van der Waals surface area contributed by atoms with E-state index >= 15 is 0 Å². The van der Waals surface area contributed by atoms with E-state index in [1.807, 2.05) is 18.2 Å². The number of hydrogen-bond acceptors (Lipinski definition) is 4. The van der Waals surface area contributed by atoms with Crippen LogP contribution < -0.4 is 9.64 Å². The largest absolute Gasteiger partial charge is 0.495 e. The molecule has 17 heavy (non-hydrogen) atoms. The van der Waals surface area contributed by atoms with Gasteiger partial charge in [0, 0.05) is 12.2 Å². The summed E-state index contributed by atoms with van der Waals surface area (Å²) in [5.41, 5.74) is 0.986. The lowest BCUT2D eigenvalue weighted by molar-refractivity contribution is 0.0764. The minimum absolute atomic E-state index is 0.371. The molecule has 1 fully saturated rings. The van der Waals surface area contributed by atoms with Crippen LogP contribution in [0.1, 0.15) is 0 Å². The van der Waals surface area contributed by atoms with E-state index in [2.05, 4.69) is 11.0 Å². The van der Waals surface area contributed by atoms with Crippen LogP contribution in [0.3, 0.4) is 0 Å². The molecule has 0 saturated carbocycles. The highest BCUT2D eigenvalue weighted by atomic mass is 35.5. The zero-order valence-electron chi connectivity index (χ0n) is 9.52. The Morgan fingerprint density at radius 3 is 3.06 bits per heavy atom. The van der Waals surface area contributed by atoms with Gasteiger partial charge in [-0.2, -0.15) is 5.26 Å². The predicted octanol–water partition coefficient (Wildman–Crippen LogP) is 2.08. The molecule has 1 aliphatic heterocycles. The molecule has 0 N–H and O–H groups in total. The van der Waals surface area contributed by atoms with Gasteiger partial charge in [-0.3, -0.25) is 0 Å². The van der Waals surface area contributed by atoms with Gasteiger partial charge < -0.3 is 14.4 Å². The number of morpholine rings is 1. The Morgan fingerprint density at radius 2 is 2.41 bits per heavy atom. The van der Waals surface area contributed by atoms with Crippen LogP contribution in [0.2, 0.25) is 5.02 Å². The number of nitrogens with zero attached hydrogens (tertiary/aromatic N) is 2. The lowest BCUT2D eigenvalue weighted by Crippen LogP contribution is -2.41. The van der Waals surface area contributed by atoms with Gasteiger partial charge in [0.1, 0.15) is 5.75 Å². The van der Waals surface area contributed by atoms with Crippen molar-refractivity contribution in [3.05, 3.63) is 23.2 Å². The van der Waals surface area contributed by atoms with Gasteiger partial charge in [0.25, 0.3) is 0 Å². The molecular formula is C12H13ClN2O2. The first kappa shape index (κ1) is 12.0. The van der Waals surface area contributed by atoms with Crippen molar-refractivity contribution in [3.63, 3.8) is 0 Å². The van der Waals surface area contributed by atoms with Crippen molar-refractivity contribution in [2.75, 3.05) is 31.7 Å². The Morgan fingerprint density at radius 1 is 1.59 bits per heavy atom. The van der Waals surface area contributed by atoms with Crippen LogP contribution in [0.25, 0.3) is 0 Å². The molecular weight excluding hydrogens is 240 g/mol. The smallest absolute Gasteiger partial charge is 0.161 e. The van der Waals surface area contributed by atoms with Crippen LogP contribution in [-0.2, 0) is 4.74 Å². The van der Waals surface area contributed by atoms with Gasteiger partial charge in [0.2, 0.25) is 0 Å². The van der Waals surface area contributed by atoms with Gasteiger partial charge in [-0.05, 0) is 18.2 Å². The number of halogens is 1. The third-order valence-corrected chi connectivity index (χ3v) is 3.01. The fourth-order valence-electron chi connectivity index (χ4n) is 1.81. The van der Waals surface area contributed by atoms with Gasteiger partial charge in [-0.15, -0.1) is 0 Å². The molecule has 5 heteroatoms. The van der Waals surface area contributed by atoms with Crippen molar-refractivity contribution in [1.82, 2.24) is 0 Å². The van der Waals surface area contributed by atoms with Crippen molar-refractivity contribution in [1.29, 1.82) is 5.26 Å². The fraction of sp³-hybridized carbons (Fsp3) is 0.417. The molecule has 1 heterocycles. The van der Waals surface area contributed by atoms with Gasteiger partial charge in [0.05, 0.1) is 31.4 Å². The molecule has 0 aliphatic carbocycles. The van der Waals surface area contributed by atoms with Crippen molar-refractivity contribution in [3.8, 4) is 11.8 Å². The van der Waals surface area contributed by atoms with E-state index in [4.69, 9.17) is 26.3 Å². The molecule has 0 bridgehead atoms. The molecule has 1 atom stereocenters. The second kappa shape index (κ2) is 5.26. The average Bonchev–Trinajstić information content (AvgIpc) is 2.38. The van der Waals surface area contributed by atoms with Crippen LogP contribution in [0, 0.1) is 11.3 Å². The summed E-state index contributed by atoms with van der Waals surface area (Å²) in [7, 11) is 1.58. The summed E-state index contributed by atoms with van der Waals surface area (Å²) in [5.74, 6) is 0.653. The van der Waals surface area contributed by atoms with Gasteiger partial charge in [0.15, 0.2) is 6.10 Å². The Hall–Kier alpha value is -1.44. The summed E-state index contributed by atoms with van der Waals surface area (Å²) in [6.45, 7) is 1.89. The van der Waals surface area contributed by atoms with E-state index in [1.165, 1.54) is 0 Å². The SMILES string of the molecule is COc1ccc(N2CCOC(C#N)C2)cc1Cl. The van der Waals surface area contributed by atoms with E-state index in [0.717, 1.165) is 12.2 Å². The Labute approximate surface area is 105 Å². The quantitative estimate of drug-likeness (QED) is 0.809. The Kier molecular flexibility index (Phi) is 3.72. The molecule has 90 valence electrons. The normalized spacial score (nSPS) is 19.8. The number of anilines is 1. The molecule has 4 nitrogen and oxygen atoms in total. The van der Waals surface area contributed by atoms with Crippen LogP contribution in [0.5, 0.6) is 5.75 Å². The minimum atomic E-state index is -0.371. The first-order valence-electron chi connectivity index (χ1n) is 5.34. The predicted molar refractivity (Wildman–Crippen MR) is 65.6 cm³/mol. The Bertz CT molecular complexity index is 445. The van der Waals surface area contributed by atoms with E-state index in [1.54, 1.807) is 7.11 Å². The number of nitriles is 1. The maximum Gasteiger partial charge on any atom is 0.161 e. The molecule has 1 aromatic rings. The zero-order valence-corrected chi connectivity index (χ0v) is 10.3. The van der Waals surface area contributed by atoms with Crippen molar-refractivity contribution >= 4 is 17.3 Å². The summed E-state index contributed by atoms with van der Waals surface area (Å²) in [5, 5.41) is 9.42. The highest BCUT2D eigenvalue weighted by Gasteiger charge is 2.20. The monoisotopic (exact) mass is 252 g/mol. The molecule has 0 aromatic heterocycles. The zero-order chi connectivity index (χ0) is 12.3. The number of methoxy groups -OCH3 is 1. The molecule has 2 rings (SSSR count). The van der Waals surface area contributed by atoms with E-state index in [0.29, 0.717) is 23.9 Å². The summed E-state index contributed by atoms with van der Waals surface area (Å²) in [6, 6.07) is 7.73. The minimum Gasteiger partial charge on any atom is -0.495 e. The molecule has 0 radical (unpaired) electrons. The van der Waals surface area contributed by atoms with Crippen LogP contribution in [-0.4, -0.2) is 32.9 Å². The maximum absolute atomic E-state index is 8.84. The van der Waals surface area contributed by atoms with Gasteiger partial charge in [-0.25, -0.2) is 0 Å². The highest BCUT2D eigenvalue weighted by Crippen LogP contribution is 2.29. The van der Waals surface area contributed by atoms with Crippen molar-refractivity contribution in [2.45, 2.75) is 6.10 Å². The lowest BCUT2D eigenvalue weighted by atomic mass is 10.2. The molecule has 1 saturated heterocycles. The van der Waals surface area contributed by atoms with Gasteiger partial charge in [-0.1, -0.05) is 11.6 Å². The second-order valence-electron chi connectivity index (χ2n) is 3.75. The first-order valence-corrected chi connectivity index (χ1v) is 5.72. The van der Waals surface area contributed by atoms with Crippen LogP contribution in [0.15, 0.2) is 18.2 Å². The van der Waals surface area contributed by atoms with Gasteiger partial charge >= 0.3 is 0 Å². The number of ether oxygens (including phenoxy) is 2. The summed E-state index contributed by atoms with van der Waals surface area (Å²) in [6.07, 6.45) is -0.371. The van der Waals surface area contributed by atoms with Crippen LogP contribution >= 0.6 is 11.6 Å².